The quantitative estimate of drug-likeness (QED) is 0.482. The molecule has 19 heavy (non-hydrogen) atoms. The van der Waals surface area contributed by atoms with Crippen molar-refractivity contribution in [2.24, 2.45) is 10.7 Å². The Labute approximate surface area is 123 Å². The minimum absolute atomic E-state index is 0.101. The fourth-order valence-corrected chi connectivity index (χ4v) is 2.42. The van der Waals surface area contributed by atoms with Gasteiger partial charge in [0.15, 0.2) is 5.96 Å². The highest BCUT2D eigenvalue weighted by atomic mass is 35.5. The first-order valence-electron chi connectivity index (χ1n) is 6.03. The molecule has 1 aromatic rings. The summed E-state index contributed by atoms with van der Waals surface area (Å²) >= 11 is 12.3. The van der Waals surface area contributed by atoms with Crippen LogP contribution >= 0.6 is 23.2 Å². The van der Waals surface area contributed by atoms with Gasteiger partial charge in [0.1, 0.15) is 0 Å². The zero-order valence-electron chi connectivity index (χ0n) is 11.1. The largest absolute Gasteiger partial charge is 0.383 e. The van der Waals surface area contributed by atoms with Crippen LogP contribution in [-0.2, 0) is 4.74 Å². The maximum Gasteiger partial charge on any atom is 0.188 e. The standard InChI is InChI=1S/C13H19Cl2N3O/c1-9(8-18-13(16)17-6-7-19-2)12-10(14)4-3-5-11(12)15/h3-5,9H,6-8H2,1-2H3,(H3,16,17,18). The molecule has 1 aromatic carbocycles. The molecule has 0 radical (unpaired) electrons. The summed E-state index contributed by atoms with van der Waals surface area (Å²) in [6.45, 7) is 3.75. The second-order valence-corrected chi connectivity index (χ2v) is 5.00. The van der Waals surface area contributed by atoms with E-state index in [0.29, 0.717) is 35.7 Å². The van der Waals surface area contributed by atoms with Crippen LogP contribution in [0.15, 0.2) is 23.2 Å². The molecule has 0 bridgehead atoms. The van der Waals surface area contributed by atoms with Crippen LogP contribution in [-0.4, -0.2) is 32.8 Å². The average Bonchev–Trinajstić information content (AvgIpc) is 2.36. The van der Waals surface area contributed by atoms with Gasteiger partial charge in [0.05, 0.1) is 6.61 Å². The van der Waals surface area contributed by atoms with Crippen LogP contribution in [0.3, 0.4) is 0 Å². The second kappa shape index (κ2) is 8.25. The van der Waals surface area contributed by atoms with Crippen molar-refractivity contribution >= 4 is 29.2 Å². The summed E-state index contributed by atoms with van der Waals surface area (Å²) in [6, 6.07) is 5.47. The number of methoxy groups -OCH3 is 1. The smallest absolute Gasteiger partial charge is 0.188 e. The summed E-state index contributed by atoms with van der Waals surface area (Å²) in [4.78, 5) is 4.26. The van der Waals surface area contributed by atoms with Crippen molar-refractivity contribution < 1.29 is 4.74 Å². The molecule has 0 spiro atoms. The summed E-state index contributed by atoms with van der Waals surface area (Å²) in [6.07, 6.45) is 0. The van der Waals surface area contributed by atoms with E-state index in [9.17, 15) is 0 Å². The molecule has 0 aliphatic rings. The average molecular weight is 304 g/mol. The Morgan fingerprint density at radius 2 is 2.05 bits per heavy atom. The number of nitrogens with two attached hydrogens (primary N) is 1. The number of nitrogens with zero attached hydrogens (tertiary/aromatic N) is 1. The molecule has 106 valence electrons. The number of guanidine groups is 1. The molecule has 1 unspecified atom stereocenters. The van der Waals surface area contributed by atoms with Crippen LogP contribution in [0, 0.1) is 0 Å². The highest BCUT2D eigenvalue weighted by molar-refractivity contribution is 6.36. The summed E-state index contributed by atoms with van der Waals surface area (Å²) in [5, 5.41) is 4.26. The van der Waals surface area contributed by atoms with Crippen molar-refractivity contribution in [1.82, 2.24) is 5.32 Å². The fraction of sp³-hybridized carbons (Fsp3) is 0.462. The third kappa shape index (κ3) is 5.27. The van der Waals surface area contributed by atoms with Crippen LogP contribution in [0.4, 0.5) is 0 Å². The molecule has 0 saturated heterocycles. The molecular formula is C13H19Cl2N3O. The van der Waals surface area contributed by atoms with E-state index in [1.165, 1.54) is 0 Å². The topological polar surface area (TPSA) is 59.6 Å². The molecule has 0 aliphatic carbocycles. The number of hydrogen-bond acceptors (Lipinski definition) is 2. The minimum Gasteiger partial charge on any atom is -0.383 e. The Morgan fingerprint density at radius 1 is 1.42 bits per heavy atom. The van der Waals surface area contributed by atoms with Crippen molar-refractivity contribution in [2.45, 2.75) is 12.8 Å². The van der Waals surface area contributed by atoms with Crippen molar-refractivity contribution in [3.05, 3.63) is 33.8 Å². The lowest BCUT2D eigenvalue weighted by atomic mass is 10.0. The fourth-order valence-electron chi connectivity index (χ4n) is 1.65. The number of aliphatic imine (C=N–C) groups is 1. The van der Waals surface area contributed by atoms with Gasteiger partial charge in [0.25, 0.3) is 0 Å². The highest BCUT2D eigenvalue weighted by Crippen LogP contribution is 2.31. The molecule has 1 rings (SSSR count). The van der Waals surface area contributed by atoms with Crippen molar-refractivity contribution in [2.75, 3.05) is 26.8 Å². The van der Waals surface area contributed by atoms with Gasteiger partial charge in [-0.05, 0) is 17.7 Å². The van der Waals surface area contributed by atoms with Gasteiger partial charge in [-0.1, -0.05) is 36.2 Å². The van der Waals surface area contributed by atoms with E-state index in [0.717, 1.165) is 5.56 Å². The van der Waals surface area contributed by atoms with E-state index in [-0.39, 0.29) is 5.92 Å². The number of hydrogen-bond donors (Lipinski definition) is 2. The Balaban J connectivity index is 2.59. The Bertz CT molecular complexity index is 418. The second-order valence-electron chi connectivity index (χ2n) is 4.18. The number of halogens is 2. The van der Waals surface area contributed by atoms with Crippen LogP contribution in [0.2, 0.25) is 10.0 Å². The molecule has 3 N–H and O–H groups in total. The normalized spacial score (nSPS) is 13.4. The van der Waals surface area contributed by atoms with Gasteiger partial charge in [-0.2, -0.15) is 0 Å². The monoisotopic (exact) mass is 303 g/mol. The maximum absolute atomic E-state index is 6.15. The SMILES string of the molecule is COCCNC(N)=NCC(C)c1c(Cl)cccc1Cl. The molecule has 0 amide bonds. The first-order chi connectivity index (χ1) is 9.06. The number of nitrogens with one attached hydrogen (secondary N) is 1. The van der Waals surface area contributed by atoms with Crippen molar-refractivity contribution in [3.63, 3.8) is 0 Å². The molecule has 0 saturated carbocycles. The van der Waals surface area contributed by atoms with Crippen molar-refractivity contribution in [3.8, 4) is 0 Å². The highest BCUT2D eigenvalue weighted by Gasteiger charge is 2.13. The van der Waals surface area contributed by atoms with E-state index in [4.69, 9.17) is 33.7 Å². The first-order valence-corrected chi connectivity index (χ1v) is 6.78. The third-order valence-corrected chi connectivity index (χ3v) is 3.30. The molecule has 4 nitrogen and oxygen atoms in total. The van der Waals surface area contributed by atoms with E-state index in [1.807, 2.05) is 25.1 Å². The van der Waals surface area contributed by atoms with E-state index < -0.39 is 0 Å². The zero-order chi connectivity index (χ0) is 14.3. The minimum atomic E-state index is 0.101. The molecule has 0 aromatic heterocycles. The number of benzene rings is 1. The lowest BCUT2D eigenvalue weighted by Gasteiger charge is -2.13. The maximum atomic E-state index is 6.15. The number of ether oxygens (including phenoxy) is 1. The van der Waals surface area contributed by atoms with Gasteiger partial charge in [0.2, 0.25) is 0 Å². The number of rotatable bonds is 6. The molecule has 1 atom stereocenters. The van der Waals surface area contributed by atoms with E-state index in [2.05, 4.69) is 10.3 Å². The van der Waals surface area contributed by atoms with Crippen LogP contribution in [0.25, 0.3) is 0 Å². The van der Waals surface area contributed by atoms with Crippen molar-refractivity contribution in [1.29, 1.82) is 0 Å². The van der Waals surface area contributed by atoms with Gasteiger partial charge in [-0.15, -0.1) is 0 Å². The summed E-state index contributed by atoms with van der Waals surface area (Å²) in [5.74, 6) is 0.496. The lowest BCUT2D eigenvalue weighted by Crippen LogP contribution is -2.34. The Morgan fingerprint density at radius 3 is 2.63 bits per heavy atom. The molecule has 0 fully saturated rings. The molecular weight excluding hydrogens is 285 g/mol. The van der Waals surface area contributed by atoms with Crippen LogP contribution < -0.4 is 11.1 Å². The van der Waals surface area contributed by atoms with E-state index in [1.54, 1.807) is 7.11 Å². The third-order valence-electron chi connectivity index (χ3n) is 2.64. The van der Waals surface area contributed by atoms with Crippen LogP contribution in [0.5, 0.6) is 0 Å². The molecule has 0 aliphatic heterocycles. The van der Waals surface area contributed by atoms with Gasteiger partial charge >= 0.3 is 0 Å². The summed E-state index contributed by atoms with van der Waals surface area (Å²) in [7, 11) is 1.64. The molecule has 0 heterocycles. The summed E-state index contributed by atoms with van der Waals surface area (Å²) in [5.41, 5.74) is 6.64. The Kier molecular flexibility index (Phi) is 6.99. The van der Waals surface area contributed by atoms with E-state index >= 15 is 0 Å². The first kappa shape index (κ1) is 16.1. The Hall–Kier alpha value is -0.970. The van der Waals surface area contributed by atoms with Gasteiger partial charge in [0, 0.05) is 36.2 Å². The predicted octanol–water partition coefficient (Wildman–Crippen LogP) is 2.65. The van der Waals surface area contributed by atoms with Gasteiger partial charge in [-0.25, -0.2) is 0 Å². The predicted molar refractivity (Wildman–Crippen MR) is 81.2 cm³/mol. The molecule has 6 heteroatoms. The van der Waals surface area contributed by atoms with Gasteiger partial charge in [-0.3, -0.25) is 4.99 Å². The lowest BCUT2D eigenvalue weighted by molar-refractivity contribution is 0.204. The van der Waals surface area contributed by atoms with Crippen LogP contribution in [0.1, 0.15) is 18.4 Å². The van der Waals surface area contributed by atoms with Gasteiger partial charge < -0.3 is 15.8 Å². The summed E-state index contributed by atoms with van der Waals surface area (Å²) < 4.78 is 4.91. The zero-order valence-corrected chi connectivity index (χ0v) is 12.6.